The van der Waals surface area contributed by atoms with Gasteiger partial charge in [-0.15, -0.1) is 0 Å². The van der Waals surface area contributed by atoms with E-state index in [0.29, 0.717) is 19.3 Å². The monoisotopic (exact) mass is 469 g/mol. The molecule has 0 radical (unpaired) electrons. The van der Waals surface area contributed by atoms with Crippen LogP contribution < -0.4 is 9.47 Å². The molecule has 1 fully saturated rings. The topological polar surface area (TPSA) is 55.8 Å². The average Bonchev–Trinajstić information content (AvgIpc) is 3.27. The predicted molar refractivity (Wildman–Crippen MR) is 125 cm³/mol. The Labute approximate surface area is 193 Å². The number of hydrogen-bond acceptors (Lipinski definition) is 5. The van der Waals surface area contributed by atoms with E-state index in [4.69, 9.17) is 20.2 Å². The van der Waals surface area contributed by atoms with Gasteiger partial charge in [0.2, 0.25) is 0 Å². The fraction of sp³-hybridized carbons (Fsp3) is 0.280. The summed E-state index contributed by atoms with van der Waals surface area (Å²) in [7, 11) is 1.75. The lowest BCUT2D eigenvalue weighted by molar-refractivity contribution is 0.170. The maximum atomic E-state index is 11.6. The Morgan fingerprint density at radius 2 is 1.69 bits per heavy atom. The average molecular weight is 470 g/mol. The van der Waals surface area contributed by atoms with Crippen molar-refractivity contribution in [3.05, 3.63) is 77.9 Å². The summed E-state index contributed by atoms with van der Waals surface area (Å²) in [5.74, 6) is 1.66. The van der Waals surface area contributed by atoms with Gasteiger partial charge in [-0.2, -0.15) is 0 Å². The van der Waals surface area contributed by atoms with Crippen molar-refractivity contribution >= 4 is 19.7 Å². The molecule has 0 N–H and O–H groups in total. The first kappa shape index (κ1) is 21.3. The maximum Gasteiger partial charge on any atom is 0.261 e. The molecular formula is C25H24ClNO4S. The summed E-state index contributed by atoms with van der Waals surface area (Å²) in [6.07, 6.45) is 2.29. The van der Waals surface area contributed by atoms with Crippen molar-refractivity contribution in [2.45, 2.75) is 30.3 Å². The van der Waals surface area contributed by atoms with Crippen LogP contribution in [-0.2, 0) is 15.6 Å². The quantitative estimate of drug-likeness (QED) is 0.469. The van der Waals surface area contributed by atoms with Crippen molar-refractivity contribution in [1.82, 2.24) is 4.90 Å². The van der Waals surface area contributed by atoms with Gasteiger partial charge in [-0.25, -0.2) is 8.42 Å². The number of hydrogen-bond donors (Lipinski definition) is 0. The Balaban J connectivity index is 1.32. The van der Waals surface area contributed by atoms with Gasteiger partial charge < -0.3 is 9.47 Å². The van der Waals surface area contributed by atoms with Gasteiger partial charge in [0.1, 0.15) is 13.2 Å². The molecule has 166 valence electrons. The van der Waals surface area contributed by atoms with Gasteiger partial charge in [-0.05, 0) is 65.9 Å². The Bertz CT molecular complexity index is 1230. The van der Waals surface area contributed by atoms with Crippen LogP contribution in [0.5, 0.6) is 11.5 Å². The molecular weight excluding hydrogens is 446 g/mol. The normalized spacial score (nSPS) is 18.6. The lowest BCUT2D eigenvalue weighted by atomic mass is 10.0. The van der Waals surface area contributed by atoms with Gasteiger partial charge in [0.05, 0.1) is 4.90 Å². The number of ether oxygens (including phenoxy) is 2. The van der Waals surface area contributed by atoms with Gasteiger partial charge >= 0.3 is 0 Å². The fourth-order valence-electron chi connectivity index (χ4n) is 4.52. The summed E-state index contributed by atoms with van der Waals surface area (Å²) in [5.41, 5.74) is 4.27. The predicted octanol–water partition coefficient (Wildman–Crippen LogP) is 5.39. The molecule has 0 bridgehead atoms. The second-order valence-corrected chi connectivity index (χ2v) is 10.8. The maximum absolute atomic E-state index is 11.6. The summed E-state index contributed by atoms with van der Waals surface area (Å²) in [6.45, 7) is 3.10. The van der Waals surface area contributed by atoms with E-state index in [-0.39, 0.29) is 4.90 Å². The van der Waals surface area contributed by atoms with Crippen molar-refractivity contribution in [1.29, 1.82) is 0 Å². The van der Waals surface area contributed by atoms with E-state index in [1.54, 1.807) is 12.1 Å². The van der Waals surface area contributed by atoms with E-state index < -0.39 is 9.05 Å². The second kappa shape index (κ2) is 8.77. The molecule has 2 aliphatic heterocycles. The van der Waals surface area contributed by atoms with Crippen LogP contribution in [0.3, 0.4) is 0 Å². The van der Waals surface area contributed by atoms with Crippen molar-refractivity contribution in [3.8, 4) is 22.6 Å². The zero-order chi connectivity index (χ0) is 22.1. The van der Waals surface area contributed by atoms with Crippen LogP contribution in [0, 0.1) is 0 Å². The third-order valence-electron chi connectivity index (χ3n) is 6.10. The van der Waals surface area contributed by atoms with E-state index in [0.717, 1.165) is 48.6 Å². The van der Waals surface area contributed by atoms with Gasteiger partial charge in [0.15, 0.2) is 11.5 Å². The van der Waals surface area contributed by atoms with Gasteiger partial charge in [-0.3, -0.25) is 4.90 Å². The summed E-state index contributed by atoms with van der Waals surface area (Å²) >= 11 is 0. The first-order valence-corrected chi connectivity index (χ1v) is 13.1. The fourth-order valence-corrected chi connectivity index (χ4v) is 5.32. The Kier molecular flexibility index (Phi) is 5.84. The molecule has 0 spiro atoms. The molecule has 5 rings (SSSR count). The Morgan fingerprint density at radius 3 is 2.47 bits per heavy atom. The highest BCUT2D eigenvalue weighted by molar-refractivity contribution is 8.13. The van der Waals surface area contributed by atoms with Gasteiger partial charge in [0, 0.05) is 23.3 Å². The molecule has 1 saturated heterocycles. The molecule has 1 atom stereocenters. The zero-order valence-corrected chi connectivity index (χ0v) is 19.1. The molecule has 3 aromatic carbocycles. The van der Waals surface area contributed by atoms with Crippen LogP contribution in [0.25, 0.3) is 11.1 Å². The number of likely N-dealkylation sites (tertiary alicyclic amines) is 1. The van der Waals surface area contributed by atoms with E-state index in [9.17, 15) is 8.42 Å². The van der Waals surface area contributed by atoms with Crippen molar-refractivity contribution < 1.29 is 17.9 Å². The molecule has 32 heavy (non-hydrogen) atoms. The number of nitrogens with zero attached hydrogens (tertiary/aromatic N) is 1. The first-order chi connectivity index (χ1) is 15.5. The van der Waals surface area contributed by atoms with Crippen LogP contribution in [0.4, 0.5) is 0 Å². The molecule has 2 aliphatic rings. The standard InChI is InChI=1S/C25H24ClNO4S/c26-32(28,29)22-4-1-3-20(15-22)19-8-6-18(7-9-19)17-27-12-2-5-23(27)21-10-11-24-25(16-21)31-14-13-30-24/h1,3-4,6-11,15-16,23H,2,5,12-14,17H2. The third-order valence-corrected chi connectivity index (χ3v) is 7.45. The smallest absolute Gasteiger partial charge is 0.261 e. The molecule has 3 aromatic rings. The highest BCUT2D eigenvalue weighted by Crippen LogP contribution is 2.38. The molecule has 5 nitrogen and oxygen atoms in total. The van der Waals surface area contributed by atoms with Gasteiger partial charge in [-0.1, -0.05) is 42.5 Å². The Morgan fingerprint density at radius 1 is 0.906 bits per heavy atom. The van der Waals surface area contributed by atoms with E-state index >= 15 is 0 Å². The molecule has 0 aliphatic carbocycles. The lowest BCUT2D eigenvalue weighted by Crippen LogP contribution is -2.23. The third kappa shape index (κ3) is 4.49. The summed E-state index contributed by atoms with van der Waals surface area (Å²) in [5, 5.41) is 0. The SMILES string of the molecule is O=S(=O)(Cl)c1cccc(-c2ccc(CN3CCCC3c3ccc4c(c3)OCCO4)cc2)c1. The van der Waals surface area contributed by atoms with E-state index in [1.807, 2.05) is 24.3 Å². The minimum Gasteiger partial charge on any atom is -0.486 e. The van der Waals surface area contributed by atoms with Gasteiger partial charge in [0.25, 0.3) is 9.05 Å². The molecule has 1 unspecified atom stereocenters. The highest BCUT2D eigenvalue weighted by Gasteiger charge is 2.27. The number of rotatable bonds is 5. The largest absolute Gasteiger partial charge is 0.486 e. The van der Waals surface area contributed by atoms with Crippen LogP contribution in [-0.4, -0.2) is 33.1 Å². The van der Waals surface area contributed by atoms with Crippen LogP contribution in [0.1, 0.15) is 30.0 Å². The van der Waals surface area contributed by atoms with E-state index in [1.165, 1.54) is 17.2 Å². The summed E-state index contributed by atoms with van der Waals surface area (Å²) in [6, 6.07) is 21.6. The minimum absolute atomic E-state index is 0.111. The first-order valence-electron chi connectivity index (χ1n) is 10.7. The number of benzene rings is 3. The minimum atomic E-state index is -3.75. The van der Waals surface area contributed by atoms with Crippen molar-refractivity contribution in [2.75, 3.05) is 19.8 Å². The zero-order valence-electron chi connectivity index (χ0n) is 17.5. The summed E-state index contributed by atoms with van der Waals surface area (Å²) in [4.78, 5) is 2.61. The van der Waals surface area contributed by atoms with Crippen LogP contribution >= 0.6 is 10.7 Å². The van der Waals surface area contributed by atoms with Crippen LogP contribution in [0.15, 0.2) is 71.6 Å². The number of fused-ring (bicyclic) bond motifs is 1. The highest BCUT2D eigenvalue weighted by atomic mass is 35.7. The lowest BCUT2D eigenvalue weighted by Gasteiger charge is -2.26. The van der Waals surface area contributed by atoms with E-state index in [2.05, 4.69) is 29.2 Å². The molecule has 0 aromatic heterocycles. The molecule has 0 amide bonds. The van der Waals surface area contributed by atoms with Crippen molar-refractivity contribution in [3.63, 3.8) is 0 Å². The molecule has 0 saturated carbocycles. The second-order valence-electron chi connectivity index (χ2n) is 8.19. The summed E-state index contributed by atoms with van der Waals surface area (Å²) < 4.78 is 34.7. The molecule has 7 heteroatoms. The molecule has 2 heterocycles. The van der Waals surface area contributed by atoms with Crippen molar-refractivity contribution in [2.24, 2.45) is 0 Å². The Hall–Kier alpha value is -2.54. The van der Waals surface area contributed by atoms with Crippen LogP contribution in [0.2, 0.25) is 0 Å². The number of halogens is 1.